The van der Waals surface area contributed by atoms with Crippen molar-refractivity contribution in [1.29, 1.82) is 0 Å². The number of imidazole rings is 1. The largest absolute Gasteiger partial charge is 0.382 e. The number of ether oxygens (including phenoxy) is 1. The van der Waals surface area contributed by atoms with E-state index < -0.39 is 21.7 Å². The average Bonchev–Trinajstić information content (AvgIpc) is 3.18. The summed E-state index contributed by atoms with van der Waals surface area (Å²) in [4.78, 5) is 4.89. The van der Waals surface area contributed by atoms with Crippen molar-refractivity contribution in [3.63, 3.8) is 0 Å². The minimum atomic E-state index is -3.62. The molecule has 0 radical (unpaired) electrons. The minimum Gasteiger partial charge on any atom is -0.382 e. The van der Waals surface area contributed by atoms with E-state index in [-0.39, 0.29) is 16.2 Å². The van der Waals surface area contributed by atoms with Crippen molar-refractivity contribution in [2.45, 2.75) is 55.5 Å². The van der Waals surface area contributed by atoms with E-state index in [9.17, 15) is 17.2 Å². The number of nitrogens with zero attached hydrogens (tertiary/aromatic N) is 3. The maximum absolute atomic E-state index is 14.2. The van der Waals surface area contributed by atoms with Crippen LogP contribution in [0.25, 0.3) is 11.0 Å². The molecule has 6 nitrogen and oxygen atoms in total. The number of rotatable bonds is 10. The second-order valence-corrected chi connectivity index (χ2v) is 11.7. The number of hydrogen-bond acceptors (Lipinski definition) is 5. The SMILES string of the molecule is CCOCCCn1c(SCc2c(F)cccc2F)nc2cc(S(=O)(=O)N3CCCC(C)C3)ccc21. The Morgan fingerprint density at radius 3 is 2.69 bits per heavy atom. The molecule has 190 valence electrons. The van der Waals surface area contributed by atoms with Gasteiger partial charge in [0.05, 0.1) is 15.9 Å². The monoisotopic (exact) mass is 523 g/mol. The Bertz CT molecular complexity index is 1260. The number of benzene rings is 2. The maximum Gasteiger partial charge on any atom is 0.243 e. The van der Waals surface area contributed by atoms with Crippen LogP contribution in [-0.4, -0.2) is 48.6 Å². The van der Waals surface area contributed by atoms with Gasteiger partial charge < -0.3 is 9.30 Å². The molecule has 4 rings (SSSR count). The van der Waals surface area contributed by atoms with Crippen LogP contribution in [0.2, 0.25) is 0 Å². The van der Waals surface area contributed by atoms with E-state index in [0.717, 1.165) is 24.8 Å². The number of fused-ring (bicyclic) bond motifs is 1. The normalized spacial score (nSPS) is 17.3. The second-order valence-electron chi connectivity index (χ2n) is 8.85. The number of halogens is 2. The van der Waals surface area contributed by atoms with Crippen LogP contribution in [0.3, 0.4) is 0 Å². The van der Waals surface area contributed by atoms with Gasteiger partial charge in [-0.15, -0.1) is 0 Å². The van der Waals surface area contributed by atoms with E-state index in [1.807, 2.05) is 11.5 Å². The summed E-state index contributed by atoms with van der Waals surface area (Å²) in [7, 11) is -3.62. The Hall–Kier alpha value is -2.01. The maximum atomic E-state index is 14.2. The molecule has 1 aliphatic rings. The van der Waals surface area contributed by atoms with Crippen molar-refractivity contribution in [2.75, 3.05) is 26.3 Å². The third-order valence-corrected chi connectivity index (χ3v) is 9.09. The molecular formula is C25H31F2N3O3S2. The lowest BCUT2D eigenvalue weighted by Gasteiger charge is -2.30. The molecule has 2 heterocycles. The lowest BCUT2D eigenvalue weighted by atomic mass is 10.0. The Kier molecular flexibility index (Phi) is 8.46. The summed E-state index contributed by atoms with van der Waals surface area (Å²) < 4.78 is 63.9. The van der Waals surface area contributed by atoms with Crippen LogP contribution in [0, 0.1) is 17.6 Å². The predicted octanol–water partition coefficient (Wildman–Crippen LogP) is 5.45. The van der Waals surface area contributed by atoms with Gasteiger partial charge >= 0.3 is 0 Å². The standard InChI is InChI=1S/C25H31F2N3O3S2/c1-3-33-14-6-13-30-24-11-10-19(35(31,32)29-12-5-7-18(2)16-29)15-23(24)28-25(30)34-17-20-21(26)8-4-9-22(20)27/h4,8-11,15,18H,3,5-7,12-14,16-17H2,1-2H3. The molecule has 0 bridgehead atoms. The molecule has 1 unspecified atom stereocenters. The molecule has 3 aromatic rings. The Morgan fingerprint density at radius 2 is 1.97 bits per heavy atom. The van der Waals surface area contributed by atoms with Gasteiger partial charge in [-0.2, -0.15) is 4.31 Å². The third kappa shape index (κ3) is 5.87. The zero-order valence-electron chi connectivity index (χ0n) is 20.0. The van der Waals surface area contributed by atoms with Gasteiger partial charge in [-0.25, -0.2) is 22.2 Å². The van der Waals surface area contributed by atoms with Crippen molar-refractivity contribution < 1.29 is 21.9 Å². The zero-order valence-corrected chi connectivity index (χ0v) is 21.7. The summed E-state index contributed by atoms with van der Waals surface area (Å²) in [6, 6.07) is 8.83. The van der Waals surface area contributed by atoms with Gasteiger partial charge in [0.1, 0.15) is 11.6 Å². The lowest BCUT2D eigenvalue weighted by molar-refractivity contribution is 0.141. The Balaban J connectivity index is 1.65. The first kappa shape index (κ1) is 26.1. The van der Waals surface area contributed by atoms with Gasteiger partial charge in [0.25, 0.3) is 0 Å². The van der Waals surface area contributed by atoms with E-state index in [1.54, 1.807) is 22.5 Å². The van der Waals surface area contributed by atoms with Crippen LogP contribution >= 0.6 is 11.8 Å². The summed E-state index contributed by atoms with van der Waals surface area (Å²) in [5, 5.41) is 0.584. The first-order chi connectivity index (χ1) is 16.8. The van der Waals surface area contributed by atoms with Crippen molar-refractivity contribution in [1.82, 2.24) is 13.9 Å². The Labute approximate surface area is 209 Å². The highest BCUT2D eigenvalue weighted by Crippen LogP contribution is 2.31. The molecule has 2 aromatic carbocycles. The highest BCUT2D eigenvalue weighted by molar-refractivity contribution is 7.98. The average molecular weight is 524 g/mol. The molecule has 0 saturated carbocycles. The molecule has 0 N–H and O–H groups in total. The third-order valence-electron chi connectivity index (χ3n) is 6.22. The highest BCUT2D eigenvalue weighted by atomic mass is 32.2. The highest BCUT2D eigenvalue weighted by Gasteiger charge is 2.29. The summed E-state index contributed by atoms with van der Waals surface area (Å²) >= 11 is 1.23. The quantitative estimate of drug-likeness (QED) is 0.261. The fourth-order valence-electron chi connectivity index (χ4n) is 4.36. The van der Waals surface area contributed by atoms with Gasteiger partial charge in [-0.1, -0.05) is 24.8 Å². The van der Waals surface area contributed by atoms with Crippen molar-refractivity contribution in [2.24, 2.45) is 5.92 Å². The number of thioether (sulfide) groups is 1. The van der Waals surface area contributed by atoms with Crippen LogP contribution in [-0.2, 0) is 27.1 Å². The van der Waals surface area contributed by atoms with Gasteiger partial charge in [0.15, 0.2) is 5.16 Å². The van der Waals surface area contributed by atoms with Crippen LogP contribution in [0.5, 0.6) is 0 Å². The van der Waals surface area contributed by atoms with Crippen molar-refractivity contribution >= 4 is 32.8 Å². The smallest absolute Gasteiger partial charge is 0.243 e. The van der Waals surface area contributed by atoms with E-state index >= 15 is 0 Å². The lowest BCUT2D eigenvalue weighted by Crippen LogP contribution is -2.39. The summed E-state index contributed by atoms with van der Waals surface area (Å²) in [5.74, 6) is -0.792. The van der Waals surface area contributed by atoms with E-state index in [2.05, 4.69) is 11.9 Å². The van der Waals surface area contributed by atoms with Crippen molar-refractivity contribution in [3.8, 4) is 0 Å². The van der Waals surface area contributed by atoms with Crippen LogP contribution < -0.4 is 0 Å². The Morgan fingerprint density at radius 1 is 1.20 bits per heavy atom. The van der Waals surface area contributed by atoms with Gasteiger partial charge in [-0.05, 0) is 62.4 Å². The summed E-state index contributed by atoms with van der Waals surface area (Å²) in [6.07, 6.45) is 2.61. The number of sulfonamides is 1. The first-order valence-corrected chi connectivity index (χ1v) is 14.4. The predicted molar refractivity (Wildman–Crippen MR) is 134 cm³/mol. The summed E-state index contributed by atoms with van der Waals surface area (Å²) in [6.45, 7) is 6.82. The second kappa shape index (κ2) is 11.4. The number of aryl methyl sites for hydroxylation is 1. The molecule has 0 aliphatic carbocycles. The molecule has 0 amide bonds. The number of piperidine rings is 1. The molecular weight excluding hydrogens is 492 g/mol. The van der Waals surface area contributed by atoms with Crippen LogP contribution in [0.4, 0.5) is 8.78 Å². The molecule has 0 spiro atoms. The number of hydrogen-bond donors (Lipinski definition) is 0. The van der Waals surface area contributed by atoms with Gasteiger partial charge in [0.2, 0.25) is 10.0 Å². The van der Waals surface area contributed by atoms with Gasteiger partial charge in [-0.3, -0.25) is 0 Å². The molecule has 1 aliphatic heterocycles. The van der Waals surface area contributed by atoms with Crippen LogP contribution in [0.15, 0.2) is 46.5 Å². The van der Waals surface area contributed by atoms with Crippen molar-refractivity contribution in [3.05, 3.63) is 53.6 Å². The fraction of sp³-hybridized carbons (Fsp3) is 0.480. The number of aromatic nitrogens is 2. The molecule has 1 atom stereocenters. The molecule has 1 fully saturated rings. The zero-order chi connectivity index (χ0) is 25.0. The molecule has 10 heteroatoms. The minimum absolute atomic E-state index is 0.00657. The first-order valence-electron chi connectivity index (χ1n) is 11.9. The topological polar surface area (TPSA) is 64.4 Å². The molecule has 1 aromatic heterocycles. The van der Waals surface area contributed by atoms with Crippen LogP contribution in [0.1, 0.15) is 38.7 Å². The molecule has 1 saturated heterocycles. The van der Waals surface area contributed by atoms with E-state index in [4.69, 9.17) is 4.74 Å². The molecule has 35 heavy (non-hydrogen) atoms. The fourth-order valence-corrected chi connectivity index (χ4v) is 7.04. The van der Waals surface area contributed by atoms with Gasteiger partial charge in [0, 0.05) is 44.2 Å². The summed E-state index contributed by atoms with van der Waals surface area (Å²) in [5.41, 5.74) is 1.32. The van der Waals surface area contributed by atoms with E-state index in [1.165, 1.54) is 30.0 Å². The van der Waals surface area contributed by atoms with E-state index in [0.29, 0.717) is 49.4 Å².